The first-order chi connectivity index (χ1) is 16.3. The number of piperidine rings is 1. The summed E-state index contributed by atoms with van der Waals surface area (Å²) in [4.78, 5) is 17.0. The van der Waals surface area contributed by atoms with Crippen LogP contribution < -0.4 is 0 Å². The molecule has 0 bridgehead atoms. The molecule has 1 atom stereocenters. The van der Waals surface area contributed by atoms with E-state index in [1.807, 2.05) is 23.4 Å². The summed E-state index contributed by atoms with van der Waals surface area (Å²) in [5, 5.41) is 9.37. The number of piperazine rings is 1. The fraction of sp³-hybridized carbons (Fsp3) is 0.609. The molecule has 0 radical (unpaired) electrons. The van der Waals surface area contributed by atoms with Crippen LogP contribution >= 0.6 is 11.8 Å². The molecule has 34 heavy (non-hydrogen) atoms. The molecule has 11 heteroatoms. The van der Waals surface area contributed by atoms with Gasteiger partial charge in [-0.05, 0) is 57.0 Å². The van der Waals surface area contributed by atoms with E-state index in [9.17, 15) is 13.2 Å². The van der Waals surface area contributed by atoms with Crippen LogP contribution in [0.25, 0.3) is 11.4 Å². The number of hydrogen-bond acceptors (Lipinski definition) is 7. The molecule has 0 unspecified atom stereocenters. The van der Waals surface area contributed by atoms with Crippen molar-refractivity contribution in [2.24, 2.45) is 5.92 Å². The highest BCUT2D eigenvalue weighted by atomic mass is 32.2. The quantitative estimate of drug-likeness (QED) is 0.532. The predicted octanol–water partition coefficient (Wildman–Crippen LogP) is 2.25. The molecular weight excluding hydrogens is 472 g/mol. The van der Waals surface area contributed by atoms with Gasteiger partial charge in [0.15, 0.2) is 11.0 Å². The van der Waals surface area contributed by atoms with Gasteiger partial charge in [0.25, 0.3) is 0 Å². The maximum Gasteiger partial charge on any atom is 0.243 e. The number of hydrogen-bond donors (Lipinski definition) is 0. The van der Waals surface area contributed by atoms with E-state index >= 15 is 0 Å². The van der Waals surface area contributed by atoms with Crippen molar-refractivity contribution < 1.29 is 13.2 Å². The lowest BCUT2D eigenvalue weighted by molar-refractivity contribution is -0.130. The van der Waals surface area contributed by atoms with Crippen molar-refractivity contribution >= 4 is 27.7 Å². The summed E-state index contributed by atoms with van der Waals surface area (Å²) < 4.78 is 29.5. The third-order valence-corrected chi connectivity index (χ3v) is 9.44. The molecule has 0 N–H and O–H groups in total. The average Bonchev–Trinajstić information content (AvgIpc) is 3.26. The van der Waals surface area contributed by atoms with Crippen LogP contribution in [0.5, 0.6) is 0 Å². The summed E-state index contributed by atoms with van der Waals surface area (Å²) >= 11 is 1.41. The number of carbonyl (C=O) groups is 1. The highest BCUT2D eigenvalue weighted by Gasteiger charge is 2.28. The van der Waals surface area contributed by atoms with Crippen LogP contribution in [-0.2, 0) is 21.4 Å². The second-order valence-corrected chi connectivity index (χ2v) is 12.0. The molecule has 1 aromatic heterocycles. The number of nitrogens with zero attached hydrogens (tertiary/aromatic N) is 6. The molecule has 2 aromatic rings. The van der Waals surface area contributed by atoms with E-state index in [-0.39, 0.29) is 5.91 Å². The monoisotopic (exact) mass is 506 g/mol. The van der Waals surface area contributed by atoms with Gasteiger partial charge in [0.05, 0.1) is 10.6 Å². The maximum absolute atomic E-state index is 13.0. The molecule has 1 aromatic carbocycles. The Labute approximate surface area is 206 Å². The zero-order valence-corrected chi connectivity index (χ0v) is 21.8. The highest BCUT2D eigenvalue weighted by molar-refractivity contribution is 7.99. The van der Waals surface area contributed by atoms with Crippen LogP contribution in [0.3, 0.4) is 0 Å². The van der Waals surface area contributed by atoms with E-state index in [0.717, 1.165) is 38.2 Å². The maximum atomic E-state index is 13.0. The lowest BCUT2D eigenvalue weighted by Gasteiger charge is -2.31. The summed E-state index contributed by atoms with van der Waals surface area (Å²) in [5.41, 5.74) is 0.801. The summed E-state index contributed by atoms with van der Waals surface area (Å²) in [6.45, 7) is 8.98. The van der Waals surface area contributed by atoms with Crippen molar-refractivity contribution in [2.45, 2.75) is 43.3 Å². The number of rotatable bonds is 7. The molecule has 0 aliphatic carbocycles. The summed E-state index contributed by atoms with van der Waals surface area (Å²) in [6, 6.07) is 6.86. The molecule has 2 saturated heterocycles. The topological polar surface area (TPSA) is 91.6 Å². The Morgan fingerprint density at radius 3 is 2.44 bits per heavy atom. The van der Waals surface area contributed by atoms with E-state index in [4.69, 9.17) is 0 Å². The van der Waals surface area contributed by atoms with E-state index in [1.165, 1.54) is 18.2 Å². The normalized spacial score (nSPS) is 20.6. The van der Waals surface area contributed by atoms with Crippen molar-refractivity contribution in [1.82, 2.24) is 28.9 Å². The molecule has 2 aliphatic heterocycles. The Bertz CT molecular complexity index is 1090. The number of thioether (sulfide) groups is 1. The molecule has 2 aliphatic rings. The Balaban J connectivity index is 1.45. The van der Waals surface area contributed by atoms with Crippen molar-refractivity contribution in [1.29, 1.82) is 0 Å². The minimum absolute atomic E-state index is 0.141. The Kier molecular flexibility index (Phi) is 7.96. The van der Waals surface area contributed by atoms with Gasteiger partial charge in [-0.15, -0.1) is 10.2 Å². The standard InChI is InChI=1S/C23H34N6O3S2/c1-4-29-22(24-25-23(29)33-17-21(30)27-11-5-6-18(2)16-27)19-7-9-20(10-8-19)34(31,32)28-14-12-26(3)13-15-28/h7-10,18H,4-6,11-17H2,1-3H3/t18-/m1/s1. The van der Waals surface area contributed by atoms with Crippen LogP contribution in [0, 0.1) is 5.92 Å². The van der Waals surface area contributed by atoms with Gasteiger partial charge in [0.2, 0.25) is 15.9 Å². The second kappa shape index (κ2) is 10.8. The zero-order chi connectivity index (χ0) is 24.3. The van der Waals surface area contributed by atoms with Gasteiger partial charge >= 0.3 is 0 Å². The number of aromatic nitrogens is 3. The number of likely N-dealkylation sites (tertiary alicyclic amines) is 1. The SMILES string of the molecule is CCn1c(SCC(=O)N2CCC[C@@H](C)C2)nnc1-c1ccc(S(=O)(=O)N2CCN(C)CC2)cc1. The van der Waals surface area contributed by atoms with Crippen molar-refractivity contribution in [2.75, 3.05) is 52.1 Å². The van der Waals surface area contributed by atoms with Gasteiger partial charge in [0.1, 0.15) is 0 Å². The van der Waals surface area contributed by atoms with Crippen molar-refractivity contribution in [3.63, 3.8) is 0 Å². The van der Waals surface area contributed by atoms with Gasteiger partial charge < -0.3 is 14.4 Å². The van der Waals surface area contributed by atoms with Gasteiger partial charge in [-0.2, -0.15) is 4.31 Å². The molecule has 0 saturated carbocycles. The van der Waals surface area contributed by atoms with Gasteiger partial charge in [-0.25, -0.2) is 8.42 Å². The first-order valence-electron chi connectivity index (χ1n) is 11.9. The molecule has 3 heterocycles. The van der Waals surface area contributed by atoms with Crippen LogP contribution in [0.4, 0.5) is 0 Å². The second-order valence-electron chi connectivity index (χ2n) is 9.16. The molecule has 2 fully saturated rings. The summed E-state index contributed by atoms with van der Waals surface area (Å²) in [7, 11) is -1.51. The summed E-state index contributed by atoms with van der Waals surface area (Å²) in [5.74, 6) is 1.71. The lowest BCUT2D eigenvalue weighted by Crippen LogP contribution is -2.46. The number of sulfonamides is 1. The number of likely N-dealkylation sites (N-methyl/N-ethyl adjacent to an activating group) is 1. The first-order valence-corrected chi connectivity index (χ1v) is 14.3. The molecule has 1 amide bonds. The predicted molar refractivity (Wildman–Crippen MR) is 133 cm³/mol. The number of benzene rings is 1. The fourth-order valence-electron chi connectivity index (χ4n) is 4.48. The van der Waals surface area contributed by atoms with Crippen LogP contribution in [0.15, 0.2) is 34.3 Å². The van der Waals surface area contributed by atoms with Crippen LogP contribution in [0.1, 0.15) is 26.7 Å². The molecule has 9 nitrogen and oxygen atoms in total. The average molecular weight is 507 g/mol. The first kappa shape index (κ1) is 25.2. The van der Waals surface area contributed by atoms with Crippen molar-refractivity contribution in [3.05, 3.63) is 24.3 Å². The minimum Gasteiger partial charge on any atom is -0.342 e. The minimum atomic E-state index is -3.51. The van der Waals surface area contributed by atoms with Gasteiger partial charge in [-0.3, -0.25) is 4.79 Å². The molecular formula is C23H34N6O3S2. The molecule has 4 rings (SSSR count). The Morgan fingerprint density at radius 1 is 1.09 bits per heavy atom. The van der Waals surface area contributed by atoms with Crippen molar-refractivity contribution in [3.8, 4) is 11.4 Å². The Hall–Kier alpha value is -1.95. The largest absolute Gasteiger partial charge is 0.342 e. The van der Waals surface area contributed by atoms with Crippen LogP contribution in [-0.4, -0.2) is 95.3 Å². The van der Waals surface area contributed by atoms with E-state index in [1.54, 1.807) is 28.6 Å². The van der Waals surface area contributed by atoms with E-state index < -0.39 is 10.0 Å². The lowest BCUT2D eigenvalue weighted by atomic mass is 10.0. The fourth-order valence-corrected chi connectivity index (χ4v) is 6.81. The summed E-state index contributed by atoms with van der Waals surface area (Å²) in [6.07, 6.45) is 2.24. The van der Waals surface area contributed by atoms with E-state index in [2.05, 4.69) is 22.0 Å². The number of carbonyl (C=O) groups excluding carboxylic acids is 1. The molecule has 0 spiro atoms. The number of amides is 1. The smallest absolute Gasteiger partial charge is 0.243 e. The Morgan fingerprint density at radius 2 is 1.79 bits per heavy atom. The van der Waals surface area contributed by atoms with Crippen LogP contribution in [0.2, 0.25) is 0 Å². The molecule has 186 valence electrons. The zero-order valence-electron chi connectivity index (χ0n) is 20.2. The third-order valence-electron chi connectivity index (χ3n) is 6.58. The van der Waals surface area contributed by atoms with Gasteiger partial charge in [-0.1, -0.05) is 18.7 Å². The van der Waals surface area contributed by atoms with E-state index in [0.29, 0.717) is 47.2 Å². The third kappa shape index (κ3) is 5.48. The van der Waals surface area contributed by atoms with Gasteiger partial charge in [0, 0.05) is 51.4 Å². The highest BCUT2D eigenvalue weighted by Crippen LogP contribution is 2.27.